The number of esters is 1. The third-order valence-electron chi connectivity index (χ3n) is 14.1. The van der Waals surface area contributed by atoms with Crippen molar-refractivity contribution < 1.29 is 34.1 Å². The number of imide groups is 1. The molecule has 69 heavy (non-hydrogen) atoms. The van der Waals surface area contributed by atoms with Crippen LogP contribution in [0.15, 0.2) is 175 Å². The molecule has 6 aromatic rings. The monoisotopic (exact) mass is 916 g/mol. The Hall–Kier alpha value is -7.78. The average molecular weight is 917 g/mol. The summed E-state index contributed by atoms with van der Waals surface area (Å²) in [6.07, 6.45) is 3.98. The Morgan fingerprint density at radius 2 is 1.39 bits per heavy atom. The number of allylic oxidation sites excluding steroid dienone is 2. The van der Waals surface area contributed by atoms with Crippen molar-refractivity contribution in [2.24, 2.45) is 5.92 Å². The van der Waals surface area contributed by atoms with E-state index in [-0.39, 0.29) is 18.0 Å². The first kappa shape index (κ1) is 45.0. The Labute approximate surface area is 401 Å². The minimum Gasteiger partial charge on any atom is -0.508 e. The number of ether oxygens (including phenoxy) is 1. The van der Waals surface area contributed by atoms with Crippen LogP contribution in [0.4, 0.5) is 10.5 Å². The molecule has 4 N–H and O–H groups in total. The highest BCUT2D eigenvalue weighted by molar-refractivity contribution is 6.24. The molecule has 3 heterocycles. The van der Waals surface area contributed by atoms with Gasteiger partial charge in [0.2, 0.25) is 11.8 Å². The van der Waals surface area contributed by atoms with E-state index in [0.717, 1.165) is 47.3 Å². The molecule has 0 radical (unpaired) electrons. The van der Waals surface area contributed by atoms with Crippen molar-refractivity contribution in [3.63, 3.8) is 0 Å². The molecule has 3 aliphatic heterocycles. The maximum atomic E-state index is 16.6. The maximum Gasteiger partial charge on any atom is 0.329 e. The number of phenolic OH excluding ortho intramolecular Hbond substituents is 1. The average Bonchev–Trinajstić information content (AvgIpc) is 3.85. The van der Waals surface area contributed by atoms with Gasteiger partial charge in [0.15, 0.2) is 0 Å². The van der Waals surface area contributed by atoms with E-state index in [9.17, 15) is 10.2 Å². The third kappa shape index (κ3) is 8.26. The lowest BCUT2D eigenvalue weighted by Gasteiger charge is -2.46. The number of nitrogens with one attached hydrogen (secondary N) is 2. The summed E-state index contributed by atoms with van der Waals surface area (Å²) in [5.74, 6) is 2.92. The van der Waals surface area contributed by atoms with Crippen LogP contribution in [0, 0.1) is 17.8 Å². The highest BCUT2D eigenvalue weighted by Crippen LogP contribution is 2.66. The van der Waals surface area contributed by atoms with E-state index in [1.165, 1.54) is 12.1 Å². The van der Waals surface area contributed by atoms with Crippen molar-refractivity contribution >= 4 is 29.5 Å². The van der Waals surface area contributed by atoms with Crippen LogP contribution in [0.3, 0.4) is 0 Å². The van der Waals surface area contributed by atoms with Crippen molar-refractivity contribution in [1.82, 2.24) is 15.5 Å². The molecule has 0 aromatic heterocycles. The number of aromatic hydroxyl groups is 1. The van der Waals surface area contributed by atoms with Gasteiger partial charge in [-0.25, -0.2) is 9.69 Å². The number of phenols is 1. The molecule has 8 unspecified atom stereocenters. The number of nitrogens with zero attached hydrogens (tertiary/aromatic N) is 2. The molecule has 4 aliphatic rings. The number of benzene rings is 6. The number of carbonyl (C=O) groups is 4. The molecule has 1 aliphatic carbocycles. The third-order valence-corrected chi connectivity index (χ3v) is 14.1. The summed E-state index contributed by atoms with van der Waals surface area (Å²) in [5, 5.41) is 28.3. The molecule has 2 fully saturated rings. The van der Waals surface area contributed by atoms with Gasteiger partial charge in [0, 0.05) is 12.1 Å². The number of urea groups is 1. The van der Waals surface area contributed by atoms with Crippen LogP contribution in [0.2, 0.25) is 0 Å². The second-order valence-corrected chi connectivity index (χ2v) is 18.2. The van der Waals surface area contributed by atoms with Crippen LogP contribution in [0.5, 0.6) is 5.75 Å². The maximum absolute atomic E-state index is 16.6. The van der Waals surface area contributed by atoms with Gasteiger partial charge in [-0.15, -0.1) is 0 Å². The standard InChI is InChI=1S/C58H52N4O7/c1-37(40-19-9-3-10-20-40)60-57(68)61-47-34-29-39(28-27-38-17-7-2-8-18-38)35-46(47)58(56(61)67)49(54(65)59-36-48(64)41-21-11-4-12-22-41)51-55(66)69-52(43-25-15-6-16-26-43)50(42-23-13-5-14-24-42)62(51)53(58)44-30-32-45(63)33-31-44/h3-6,9-17,19-26,29-35,37,48-53,63-64H,2,7-8,18,36H2,1H3,(H,59,65)(H,60,68). The van der Waals surface area contributed by atoms with Crippen LogP contribution in [0.1, 0.15) is 102 Å². The van der Waals surface area contributed by atoms with Crippen molar-refractivity contribution in [2.45, 2.75) is 74.4 Å². The molecule has 10 rings (SSSR count). The number of rotatable bonds is 9. The van der Waals surface area contributed by atoms with E-state index < -0.39 is 71.5 Å². The van der Waals surface area contributed by atoms with Gasteiger partial charge in [0.25, 0.3) is 0 Å². The lowest BCUT2D eigenvalue weighted by Crippen LogP contribution is -2.56. The van der Waals surface area contributed by atoms with E-state index in [1.54, 1.807) is 54.6 Å². The first-order valence-electron chi connectivity index (χ1n) is 23.6. The van der Waals surface area contributed by atoms with Crippen LogP contribution < -0.4 is 15.5 Å². The van der Waals surface area contributed by atoms with Crippen LogP contribution in [0.25, 0.3) is 0 Å². The summed E-state index contributed by atoms with van der Waals surface area (Å²) in [6.45, 7) is 1.58. The van der Waals surface area contributed by atoms with Gasteiger partial charge < -0.3 is 25.6 Å². The second-order valence-electron chi connectivity index (χ2n) is 18.2. The van der Waals surface area contributed by atoms with Gasteiger partial charge in [0.05, 0.1) is 35.8 Å². The molecular formula is C58H52N4O7. The van der Waals surface area contributed by atoms with Crippen molar-refractivity contribution in [3.8, 4) is 17.6 Å². The minimum absolute atomic E-state index is 0.0324. The molecule has 4 amide bonds. The fourth-order valence-electron chi connectivity index (χ4n) is 10.9. The fraction of sp³-hybridized carbons (Fsp3) is 0.241. The number of hydrogen-bond acceptors (Lipinski definition) is 8. The number of hydrogen-bond donors (Lipinski definition) is 4. The molecule has 6 aromatic carbocycles. The Morgan fingerprint density at radius 3 is 2.04 bits per heavy atom. The lowest BCUT2D eigenvalue weighted by molar-refractivity contribution is -0.178. The van der Waals surface area contributed by atoms with E-state index in [2.05, 4.69) is 28.6 Å². The largest absolute Gasteiger partial charge is 0.508 e. The van der Waals surface area contributed by atoms with E-state index in [1.807, 2.05) is 109 Å². The van der Waals surface area contributed by atoms with E-state index >= 15 is 19.2 Å². The number of carbonyl (C=O) groups excluding carboxylic acids is 4. The lowest BCUT2D eigenvalue weighted by atomic mass is 9.65. The highest BCUT2D eigenvalue weighted by atomic mass is 16.6. The second kappa shape index (κ2) is 19.1. The van der Waals surface area contributed by atoms with Gasteiger partial charge in [-0.2, -0.15) is 0 Å². The SMILES string of the molecule is CC(NC(=O)N1C(=O)C2(c3cc(C#CC4=CCCCC4)ccc31)C(C(=O)NCC(O)c1ccccc1)C1C(=O)OC(c3ccccc3)C(c3ccccc3)N1C2c1ccc(O)cc1)c1ccccc1. The molecule has 0 saturated carbocycles. The van der Waals surface area contributed by atoms with Gasteiger partial charge in [0.1, 0.15) is 23.3 Å². The van der Waals surface area contributed by atoms with E-state index in [0.29, 0.717) is 27.8 Å². The van der Waals surface area contributed by atoms with Gasteiger partial charge in [-0.05, 0) is 102 Å². The van der Waals surface area contributed by atoms with Crippen LogP contribution in [-0.2, 0) is 24.5 Å². The zero-order valence-corrected chi connectivity index (χ0v) is 38.1. The number of amides is 4. The van der Waals surface area contributed by atoms with Crippen molar-refractivity contribution in [3.05, 3.63) is 214 Å². The van der Waals surface area contributed by atoms with Crippen LogP contribution in [-0.4, -0.2) is 51.5 Å². The summed E-state index contributed by atoms with van der Waals surface area (Å²) in [4.78, 5) is 65.9. The normalized spacial score (nSPS) is 23.7. The molecule has 1 spiro atoms. The Kier molecular flexibility index (Phi) is 12.4. The fourth-order valence-corrected chi connectivity index (χ4v) is 10.9. The highest BCUT2D eigenvalue weighted by Gasteiger charge is 2.75. The number of fused-ring (bicyclic) bond motifs is 3. The summed E-state index contributed by atoms with van der Waals surface area (Å²) < 4.78 is 6.58. The molecule has 0 bridgehead atoms. The van der Waals surface area contributed by atoms with Gasteiger partial charge in [-0.3, -0.25) is 19.3 Å². The number of aliphatic hydroxyl groups is 1. The van der Waals surface area contributed by atoms with Crippen molar-refractivity contribution in [2.75, 3.05) is 11.4 Å². The Morgan fingerprint density at radius 1 is 0.754 bits per heavy atom. The zero-order valence-electron chi connectivity index (χ0n) is 38.1. The molecule has 8 atom stereocenters. The predicted octanol–water partition coefficient (Wildman–Crippen LogP) is 9.23. The molecule has 2 saturated heterocycles. The van der Waals surface area contributed by atoms with Gasteiger partial charge >= 0.3 is 12.0 Å². The zero-order chi connectivity index (χ0) is 47.6. The van der Waals surface area contributed by atoms with Gasteiger partial charge in [-0.1, -0.05) is 151 Å². The summed E-state index contributed by atoms with van der Waals surface area (Å²) in [6, 6.07) is 44.3. The van der Waals surface area contributed by atoms with Crippen molar-refractivity contribution in [1.29, 1.82) is 0 Å². The number of aliphatic hydroxyl groups excluding tert-OH is 1. The first-order chi connectivity index (χ1) is 33.6. The first-order valence-corrected chi connectivity index (χ1v) is 23.6. The Bertz CT molecular complexity index is 2970. The summed E-state index contributed by atoms with van der Waals surface area (Å²) in [5.41, 5.74) is 3.39. The number of morpholine rings is 1. The molecule has 346 valence electrons. The quantitative estimate of drug-likeness (QED) is 0.0829. The number of anilines is 1. The number of cyclic esters (lactones) is 1. The topological polar surface area (TPSA) is 149 Å². The molecular weight excluding hydrogens is 865 g/mol. The van der Waals surface area contributed by atoms with Crippen LogP contribution >= 0.6 is 0 Å². The van der Waals surface area contributed by atoms with E-state index in [4.69, 9.17) is 4.74 Å². The summed E-state index contributed by atoms with van der Waals surface area (Å²) in [7, 11) is 0. The molecule has 11 nitrogen and oxygen atoms in total. The molecule has 11 heteroatoms. The predicted molar refractivity (Wildman–Crippen MR) is 261 cm³/mol. The smallest absolute Gasteiger partial charge is 0.329 e. The minimum atomic E-state index is -2.04. The summed E-state index contributed by atoms with van der Waals surface area (Å²) >= 11 is 0. The Balaban J connectivity index is 1.23.